The Hall–Kier alpha value is -1.42. The van der Waals surface area contributed by atoms with Gasteiger partial charge < -0.3 is 9.80 Å². The highest BCUT2D eigenvalue weighted by Gasteiger charge is 2.16. The third-order valence-electron chi connectivity index (χ3n) is 3.01. The molecule has 86 valence electrons. The zero-order chi connectivity index (χ0) is 11.5. The van der Waals surface area contributed by atoms with Gasteiger partial charge in [0.05, 0.1) is 0 Å². The third-order valence-corrected chi connectivity index (χ3v) is 3.01. The van der Waals surface area contributed by atoms with Crippen LogP contribution in [0.2, 0.25) is 0 Å². The molecule has 4 heteroatoms. The minimum Gasteiger partial charge on any atom is -0.354 e. The van der Waals surface area contributed by atoms with E-state index in [4.69, 9.17) is 0 Å². The number of anilines is 1. The molecule has 0 N–H and O–H groups in total. The zero-order valence-corrected chi connectivity index (χ0v) is 9.81. The summed E-state index contributed by atoms with van der Waals surface area (Å²) in [6, 6.07) is 1.90. The Morgan fingerprint density at radius 2 is 2.00 bits per heavy atom. The maximum absolute atomic E-state index is 10.6. The molecule has 0 atom stereocenters. The van der Waals surface area contributed by atoms with Crippen LogP contribution in [0.1, 0.15) is 15.9 Å². The van der Waals surface area contributed by atoms with Crippen molar-refractivity contribution < 1.29 is 4.79 Å². The van der Waals surface area contributed by atoms with Gasteiger partial charge in [0.2, 0.25) is 0 Å². The van der Waals surface area contributed by atoms with Crippen molar-refractivity contribution in [1.82, 2.24) is 9.88 Å². The van der Waals surface area contributed by atoms with Crippen LogP contribution < -0.4 is 4.90 Å². The molecule has 1 aromatic rings. The minimum atomic E-state index is 0.648. The van der Waals surface area contributed by atoms with Crippen molar-refractivity contribution >= 4 is 12.1 Å². The SMILES string of the molecule is Cc1cc(C=O)cnc1N1CCN(C)CC1. The second-order valence-corrected chi connectivity index (χ2v) is 4.32. The summed E-state index contributed by atoms with van der Waals surface area (Å²) >= 11 is 0. The molecule has 0 radical (unpaired) electrons. The molecule has 2 heterocycles. The number of hydrogen-bond acceptors (Lipinski definition) is 4. The highest BCUT2D eigenvalue weighted by atomic mass is 16.1. The minimum absolute atomic E-state index is 0.648. The first-order chi connectivity index (χ1) is 7.70. The van der Waals surface area contributed by atoms with Crippen LogP contribution in [0, 0.1) is 6.92 Å². The molecule has 0 saturated carbocycles. The van der Waals surface area contributed by atoms with Gasteiger partial charge in [0, 0.05) is 37.9 Å². The Bertz CT molecular complexity index is 384. The van der Waals surface area contributed by atoms with Crippen molar-refractivity contribution in [3.8, 4) is 0 Å². The van der Waals surface area contributed by atoms with E-state index in [2.05, 4.69) is 21.8 Å². The van der Waals surface area contributed by atoms with Crippen LogP contribution in [0.4, 0.5) is 5.82 Å². The normalized spacial score (nSPS) is 17.5. The number of aromatic nitrogens is 1. The lowest BCUT2D eigenvalue weighted by molar-refractivity contribution is 0.112. The first kappa shape index (κ1) is 11.1. The molecule has 0 unspecified atom stereocenters. The molecule has 0 aliphatic carbocycles. The Balaban J connectivity index is 2.17. The molecule has 4 nitrogen and oxygen atoms in total. The van der Waals surface area contributed by atoms with Crippen LogP contribution in [0.15, 0.2) is 12.3 Å². The summed E-state index contributed by atoms with van der Waals surface area (Å²) in [5.74, 6) is 1.01. The van der Waals surface area contributed by atoms with Crippen LogP contribution in [-0.2, 0) is 0 Å². The maximum atomic E-state index is 10.6. The summed E-state index contributed by atoms with van der Waals surface area (Å²) in [6.45, 7) is 6.15. The number of pyridine rings is 1. The Kier molecular flexibility index (Phi) is 3.19. The van der Waals surface area contributed by atoms with Gasteiger partial charge in [0.25, 0.3) is 0 Å². The molecule has 1 saturated heterocycles. The maximum Gasteiger partial charge on any atom is 0.151 e. The van der Waals surface area contributed by atoms with E-state index < -0.39 is 0 Å². The summed E-state index contributed by atoms with van der Waals surface area (Å²) in [7, 11) is 2.13. The number of likely N-dealkylation sites (N-methyl/N-ethyl adjacent to an activating group) is 1. The lowest BCUT2D eigenvalue weighted by Gasteiger charge is -2.34. The van der Waals surface area contributed by atoms with E-state index >= 15 is 0 Å². The van der Waals surface area contributed by atoms with Crippen LogP contribution in [0.3, 0.4) is 0 Å². The van der Waals surface area contributed by atoms with Crippen molar-refractivity contribution in [3.05, 3.63) is 23.4 Å². The third kappa shape index (κ3) is 2.22. The molecule has 0 aromatic carbocycles. The number of piperazine rings is 1. The van der Waals surface area contributed by atoms with Crippen molar-refractivity contribution in [2.45, 2.75) is 6.92 Å². The fraction of sp³-hybridized carbons (Fsp3) is 0.500. The van der Waals surface area contributed by atoms with Gasteiger partial charge in [-0.15, -0.1) is 0 Å². The van der Waals surface area contributed by atoms with Crippen molar-refractivity contribution in [3.63, 3.8) is 0 Å². The van der Waals surface area contributed by atoms with Gasteiger partial charge in [-0.3, -0.25) is 4.79 Å². The molecule has 0 bridgehead atoms. The van der Waals surface area contributed by atoms with E-state index in [9.17, 15) is 4.79 Å². The average Bonchev–Trinajstić information content (AvgIpc) is 2.30. The van der Waals surface area contributed by atoms with Crippen LogP contribution >= 0.6 is 0 Å². The summed E-state index contributed by atoms with van der Waals surface area (Å²) in [6.07, 6.45) is 2.49. The van der Waals surface area contributed by atoms with Crippen molar-refractivity contribution in [1.29, 1.82) is 0 Å². The lowest BCUT2D eigenvalue weighted by Crippen LogP contribution is -2.45. The lowest BCUT2D eigenvalue weighted by atomic mass is 10.2. The standard InChI is InChI=1S/C12H17N3O/c1-10-7-11(9-16)8-13-12(10)15-5-3-14(2)4-6-15/h7-9H,3-6H2,1-2H3. The van der Waals surface area contributed by atoms with Gasteiger partial charge in [0.15, 0.2) is 6.29 Å². The number of carbonyl (C=O) groups is 1. The number of nitrogens with zero attached hydrogens (tertiary/aromatic N) is 3. The van der Waals surface area contributed by atoms with Crippen LogP contribution in [0.5, 0.6) is 0 Å². The molecule has 1 aliphatic rings. The Morgan fingerprint density at radius 1 is 1.31 bits per heavy atom. The number of aryl methyl sites for hydroxylation is 1. The topological polar surface area (TPSA) is 36.4 Å². The van der Waals surface area contributed by atoms with Gasteiger partial charge in [0.1, 0.15) is 5.82 Å². The van der Waals surface area contributed by atoms with Gasteiger partial charge in [-0.05, 0) is 25.6 Å². The Labute approximate surface area is 95.9 Å². The molecular formula is C12H17N3O. The highest BCUT2D eigenvalue weighted by Crippen LogP contribution is 2.18. The molecular weight excluding hydrogens is 202 g/mol. The predicted octanol–water partition coefficient (Wildman–Crippen LogP) is 0.954. The second-order valence-electron chi connectivity index (χ2n) is 4.32. The van der Waals surface area contributed by atoms with E-state index in [1.54, 1.807) is 6.20 Å². The van der Waals surface area contributed by atoms with E-state index in [1.807, 2.05) is 13.0 Å². The number of carbonyl (C=O) groups excluding carboxylic acids is 1. The molecule has 1 fully saturated rings. The summed E-state index contributed by atoms with van der Waals surface area (Å²) in [4.78, 5) is 19.6. The molecule has 16 heavy (non-hydrogen) atoms. The van der Waals surface area contributed by atoms with Crippen LogP contribution in [-0.4, -0.2) is 49.4 Å². The van der Waals surface area contributed by atoms with Gasteiger partial charge in [-0.25, -0.2) is 4.98 Å². The predicted molar refractivity (Wildman–Crippen MR) is 64.1 cm³/mol. The smallest absolute Gasteiger partial charge is 0.151 e. The van der Waals surface area contributed by atoms with Gasteiger partial charge >= 0.3 is 0 Å². The summed E-state index contributed by atoms with van der Waals surface area (Å²) in [5.41, 5.74) is 1.73. The molecule has 0 spiro atoms. The van der Waals surface area contributed by atoms with Gasteiger partial charge in [-0.2, -0.15) is 0 Å². The molecule has 2 rings (SSSR count). The van der Waals surface area contributed by atoms with Gasteiger partial charge in [-0.1, -0.05) is 0 Å². The highest BCUT2D eigenvalue weighted by molar-refractivity contribution is 5.75. The largest absolute Gasteiger partial charge is 0.354 e. The summed E-state index contributed by atoms with van der Waals surface area (Å²) < 4.78 is 0. The number of aldehydes is 1. The van der Waals surface area contributed by atoms with Crippen molar-refractivity contribution in [2.24, 2.45) is 0 Å². The monoisotopic (exact) mass is 219 g/mol. The average molecular weight is 219 g/mol. The fourth-order valence-corrected chi connectivity index (χ4v) is 2.00. The summed E-state index contributed by atoms with van der Waals surface area (Å²) in [5, 5.41) is 0. The van der Waals surface area contributed by atoms with E-state index in [0.29, 0.717) is 5.56 Å². The van der Waals surface area contributed by atoms with Crippen molar-refractivity contribution in [2.75, 3.05) is 38.1 Å². The number of hydrogen-bond donors (Lipinski definition) is 0. The van der Waals surface area contributed by atoms with Crippen LogP contribution in [0.25, 0.3) is 0 Å². The first-order valence-electron chi connectivity index (χ1n) is 5.56. The van der Waals surface area contributed by atoms with E-state index in [0.717, 1.165) is 43.8 Å². The number of rotatable bonds is 2. The second kappa shape index (κ2) is 4.61. The Morgan fingerprint density at radius 3 is 2.56 bits per heavy atom. The molecule has 1 aromatic heterocycles. The fourth-order valence-electron chi connectivity index (χ4n) is 2.00. The van der Waals surface area contributed by atoms with E-state index in [-0.39, 0.29) is 0 Å². The zero-order valence-electron chi connectivity index (χ0n) is 9.81. The first-order valence-corrected chi connectivity index (χ1v) is 5.56. The molecule has 1 aliphatic heterocycles. The quantitative estimate of drug-likeness (QED) is 0.694. The molecule has 0 amide bonds. The van der Waals surface area contributed by atoms with E-state index in [1.165, 1.54) is 0 Å².